The van der Waals surface area contributed by atoms with Crippen molar-refractivity contribution in [1.29, 1.82) is 0 Å². The molecule has 0 radical (unpaired) electrons. The summed E-state index contributed by atoms with van der Waals surface area (Å²) in [6, 6.07) is 16.3. The summed E-state index contributed by atoms with van der Waals surface area (Å²) in [4.78, 5) is 27.9. The van der Waals surface area contributed by atoms with Gasteiger partial charge in [0.15, 0.2) is 5.69 Å². The molecule has 1 saturated carbocycles. The summed E-state index contributed by atoms with van der Waals surface area (Å²) in [7, 11) is 0. The second-order valence-corrected chi connectivity index (χ2v) is 8.43. The molecule has 2 heterocycles. The summed E-state index contributed by atoms with van der Waals surface area (Å²) >= 11 is 0. The van der Waals surface area contributed by atoms with Crippen LogP contribution in [0.1, 0.15) is 34.5 Å². The highest BCUT2D eigenvalue weighted by atomic mass is 16.2. The van der Waals surface area contributed by atoms with Crippen molar-refractivity contribution >= 4 is 16.8 Å². The number of nitrogens with one attached hydrogen (secondary N) is 1. The highest BCUT2D eigenvalue weighted by Crippen LogP contribution is 2.31. The highest BCUT2D eigenvalue weighted by Gasteiger charge is 2.29. The van der Waals surface area contributed by atoms with Crippen molar-refractivity contribution in [3.8, 4) is 11.3 Å². The van der Waals surface area contributed by atoms with Gasteiger partial charge in [-0.2, -0.15) is 0 Å². The van der Waals surface area contributed by atoms with Crippen LogP contribution in [-0.4, -0.2) is 38.8 Å². The zero-order chi connectivity index (χ0) is 21.2. The number of aromatic amines is 1. The van der Waals surface area contributed by atoms with E-state index >= 15 is 0 Å². The molecule has 1 aliphatic rings. The summed E-state index contributed by atoms with van der Waals surface area (Å²) in [5.41, 5.74) is 5.63. The first-order valence-electron chi connectivity index (χ1n) is 10.9. The van der Waals surface area contributed by atoms with Gasteiger partial charge in [0.05, 0.1) is 0 Å². The number of rotatable bonds is 7. The van der Waals surface area contributed by atoms with E-state index in [0.29, 0.717) is 23.9 Å². The number of nitrogens with zero attached hydrogens (tertiary/aromatic N) is 3. The zero-order valence-electron chi connectivity index (χ0n) is 17.7. The van der Waals surface area contributed by atoms with Gasteiger partial charge in [0, 0.05) is 48.1 Å². The van der Waals surface area contributed by atoms with Gasteiger partial charge < -0.3 is 9.88 Å². The van der Waals surface area contributed by atoms with Gasteiger partial charge >= 0.3 is 0 Å². The van der Waals surface area contributed by atoms with E-state index < -0.39 is 0 Å². The molecule has 0 spiro atoms. The van der Waals surface area contributed by atoms with Crippen molar-refractivity contribution in [3.63, 3.8) is 0 Å². The van der Waals surface area contributed by atoms with E-state index in [2.05, 4.69) is 46.3 Å². The van der Waals surface area contributed by atoms with E-state index in [1.807, 2.05) is 35.2 Å². The normalized spacial score (nSPS) is 13.5. The van der Waals surface area contributed by atoms with Crippen LogP contribution >= 0.6 is 0 Å². The first kappa shape index (κ1) is 19.5. The second-order valence-electron chi connectivity index (χ2n) is 8.43. The lowest BCUT2D eigenvalue weighted by Gasteiger charge is -2.23. The second kappa shape index (κ2) is 8.34. The first-order chi connectivity index (χ1) is 15.2. The van der Waals surface area contributed by atoms with Crippen LogP contribution in [0.3, 0.4) is 0 Å². The maximum Gasteiger partial charge on any atom is 0.274 e. The smallest absolute Gasteiger partial charge is 0.274 e. The molecule has 1 amide bonds. The third-order valence-electron chi connectivity index (χ3n) is 5.98. The first-order valence-corrected chi connectivity index (χ1v) is 10.9. The molecule has 2 aromatic heterocycles. The Bertz CT molecular complexity index is 1210. The minimum Gasteiger partial charge on any atom is -0.361 e. The Labute approximate surface area is 182 Å². The SMILES string of the molecule is Cc1ccc2c(CCN(CC3CC3)C(=O)c3nccnc3-c3ccccc3)c[nH]c2c1. The molecule has 5 heteroatoms. The minimum absolute atomic E-state index is 0.0328. The minimum atomic E-state index is -0.0328. The van der Waals surface area contributed by atoms with Crippen LogP contribution in [0.5, 0.6) is 0 Å². The molecule has 5 nitrogen and oxygen atoms in total. The van der Waals surface area contributed by atoms with E-state index in [1.165, 1.54) is 29.4 Å². The molecule has 4 aromatic rings. The van der Waals surface area contributed by atoms with Crippen molar-refractivity contribution in [1.82, 2.24) is 19.9 Å². The summed E-state index contributed by atoms with van der Waals surface area (Å²) in [5.74, 6) is 0.570. The van der Waals surface area contributed by atoms with E-state index in [1.54, 1.807) is 12.4 Å². The third kappa shape index (κ3) is 4.22. The molecule has 0 aliphatic heterocycles. The Hall–Kier alpha value is -3.47. The molecule has 0 atom stereocenters. The van der Waals surface area contributed by atoms with Crippen LogP contribution in [0.25, 0.3) is 22.2 Å². The Morgan fingerprint density at radius 2 is 1.90 bits per heavy atom. The summed E-state index contributed by atoms with van der Waals surface area (Å²) in [5, 5.41) is 1.23. The lowest BCUT2D eigenvalue weighted by molar-refractivity contribution is 0.0744. The number of aromatic nitrogens is 3. The molecule has 1 fully saturated rings. The molecule has 1 N–H and O–H groups in total. The molecule has 0 saturated heterocycles. The standard InChI is InChI=1S/C26H26N4O/c1-18-7-10-22-21(16-29-23(22)15-18)11-14-30(17-19-8-9-19)26(31)25-24(27-12-13-28-25)20-5-3-2-4-6-20/h2-7,10,12-13,15-16,19,29H,8-9,11,14,17H2,1H3. The fourth-order valence-corrected chi connectivity index (χ4v) is 4.10. The number of hydrogen-bond acceptors (Lipinski definition) is 3. The van der Waals surface area contributed by atoms with Gasteiger partial charge in [0.25, 0.3) is 5.91 Å². The summed E-state index contributed by atoms with van der Waals surface area (Å²) in [6.45, 7) is 3.55. The Balaban J connectivity index is 1.41. The number of benzene rings is 2. The number of hydrogen-bond donors (Lipinski definition) is 1. The Morgan fingerprint density at radius 1 is 1.10 bits per heavy atom. The van der Waals surface area contributed by atoms with Crippen molar-refractivity contribution in [2.45, 2.75) is 26.2 Å². The van der Waals surface area contributed by atoms with Gasteiger partial charge in [0.2, 0.25) is 0 Å². The Kier molecular flexibility index (Phi) is 5.24. The van der Waals surface area contributed by atoms with Crippen LogP contribution < -0.4 is 0 Å². The summed E-state index contributed by atoms with van der Waals surface area (Å²) < 4.78 is 0. The Morgan fingerprint density at radius 3 is 2.71 bits per heavy atom. The van der Waals surface area contributed by atoms with Crippen molar-refractivity contribution in [3.05, 3.63) is 83.9 Å². The van der Waals surface area contributed by atoms with E-state index in [4.69, 9.17) is 0 Å². The fraction of sp³-hybridized carbons (Fsp3) is 0.269. The third-order valence-corrected chi connectivity index (χ3v) is 5.98. The van der Waals surface area contributed by atoms with Gasteiger partial charge in [-0.05, 0) is 49.3 Å². The molecule has 2 aromatic carbocycles. The molecule has 31 heavy (non-hydrogen) atoms. The van der Waals surface area contributed by atoms with E-state index in [9.17, 15) is 4.79 Å². The average Bonchev–Trinajstić information content (AvgIpc) is 3.55. The van der Waals surface area contributed by atoms with Crippen LogP contribution in [0.4, 0.5) is 0 Å². The van der Waals surface area contributed by atoms with E-state index in [0.717, 1.165) is 24.0 Å². The number of aryl methyl sites for hydroxylation is 1. The lowest BCUT2D eigenvalue weighted by atomic mass is 10.1. The largest absolute Gasteiger partial charge is 0.361 e. The van der Waals surface area contributed by atoms with E-state index in [-0.39, 0.29) is 5.91 Å². The monoisotopic (exact) mass is 410 g/mol. The highest BCUT2D eigenvalue weighted by molar-refractivity contribution is 5.98. The molecular formula is C26H26N4O. The lowest BCUT2D eigenvalue weighted by Crippen LogP contribution is -2.35. The van der Waals surface area contributed by atoms with Crippen LogP contribution in [0, 0.1) is 12.8 Å². The molecule has 1 aliphatic carbocycles. The van der Waals surface area contributed by atoms with Gasteiger partial charge in [0.1, 0.15) is 5.69 Å². The molecular weight excluding hydrogens is 384 g/mol. The molecule has 5 rings (SSSR count). The number of H-pyrrole nitrogens is 1. The maximum atomic E-state index is 13.6. The average molecular weight is 411 g/mol. The van der Waals surface area contributed by atoms with Gasteiger partial charge in [-0.3, -0.25) is 9.78 Å². The molecule has 0 unspecified atom stereocenters. The van der Waals surface area contributed by atoms with Crippen molar-refractivity contribution in [2.75, 3.05) is 13.1 Å². The quantitative estimate of drug-likeness (QED) is 0.465. The fourth-order valence-electron chi connectivity index (χ4n) is 4.10. The molecule has 156 valence electrons. The number of amides is 1. The number of fused-ring (bicyclic) bond motifs is 1. The van der Waals surface area contributed by atoms with Gasteiger partial charge in [-0.1, -0.05) is 42.5 Å². The topological polar surface area (TPSA) is 61.9 Å². The van der Waals surface area contributed by atoms with Crippen LogP contribution in [0.2, 0.25) is 0 Å². The maximum absolute atomic E-state index is 13.6. The van der Waals surface area contributed by atoms with Crippen molar-refractivity contribution < 1.29 is 4.79 Å². The van der Waals surface area contributed by atoms with Gasteiger partial charge in [-0.25, -0.2) is 4.98 Å². The molecule has 0 bridgehead atoms. The summed E-state index contributed by atoms with van der Waals surface area (Å²) in [6.07, 6.45) is 8.53. The van der Waals surface area contributed by atoms with Crippen LogP contribution in [-0.2, 0) is 6.42 Å². The van der Waals surface area contributed by atoms with Crippen LogP contribution in [0.15, 0.2) is 67.1 Å². The zero-order valence-corrected chi connectivity index (χ0v) is 17.7. The van der Waals surface area contributed by atoms with Gasteiger partial charge in [-0.15, -0.1) is 0 Å². The van der Waals surface area contributed by atoms with Crippen molar-refractivity contribution in [2.24, 2.45) is 5.92 Å². The number of carbonyl (C=O) groups is 1. The predicted molar refractivity (Wildman–Crippen MR) is 123 cm³/mol. The predicted octanol–water partition coefficient (Wildman–Crippen LogP) is 5.03. The number of carbonyl (C=O) groups excluding carboxylic acids is 1.